The average Bonchev–Trinajstić information content (AvgIpc) is 2.96. The Bertz CT molecular complexity index is 1110. The van der Waals surface area contributed by atoms with Crippen molar-refractivity contribution in [1.29, 1.82) is 0 Å². The fraction of sp³-hybridized carbons (Fsp3) is 0.100. The molecule has 1 aliphatic heterocycles. The molecule has 0 atom stereocenters. The summed E-state index contributed by atoms with van der Waals surface area (Å²) in [5.41, 5.74) is 3.16. The van der Waals surface area contributed by atoms with Gasteiger partial charge in [0.15, 0.2) is 4.32 Å². The van der Waals surface area contributed by atoms with E-state index in [0.29, 0.717) is 16.3 Å². The Hall–Kier alpha value is -2.59. The van der Waals surface area contributed by atoms with Gasteiger partial charge in [-0.1, -0.05) is 53.2 Å². The number of carboxylic acids is 1. The van der Waals surface area contributed by atoms with Crippen LogP contribution in [0.25, 0.3) is 6.08 Å². The Kier molecular flexibility index (Phi) is 7.55. The summed E-state index contributed by atoms with van der Waals surface area (Å²) in [5, 5.41) is 10.2. The number of amides is 2. The average molecular weight is 497 g/mol. The van der Waals surface area contributed by atoms with Crippen LogP contribution in [0.1, 0.15) is 22.3 Å². The van der Waals surface area contributed by atoms with Crippen molar-refractivity contribution in [3.63, 3.8) is 0 Å². The zero-order valence-electron chi connectivity index (χ0n) is 15.6. The number of hydrazine groups is 1. The molecule has 2 aromatic rings. The summed E-state index contributed by atoms with van der Waals surface area (Å²) in [6, 6.07) is 11.2. The summed E-state index contributed by atoms with van der Waals surface area (Å²) in [7, 11) is 0. The van der Waals surface area contributed by atoms with Gasteiger partial charge in [-0.05, 0) is 42.6 Å². The standard InChI is InChI=1S/C20H14Cl2N2O5S2/c21-12-5-6-13(14(22)10-12)18(27)23-24-19(28)16(31-20(24)30)9-11-3-1-2-4-15(11)29-8-7-17(25)26/h1-6,9-10H,7-8H2,(H,23,27)(H,25,26)/b16-9+. The third-order valence-electron chi connectivity index (χ3n) is 3.96. The van der Waals surface area contributed by atoms with Crippen molar-refractivity contribution in [1.82, 2.24) is 10.4 Å². The number of rotatable bonds is 7. The van der Waals surface area contributed by atoms with Crippen molar-refractivity contribution in [2.45, 2.75) is 6.42 Å². The second kappa shape index (κ2) is 10.1. The summed E-state index contributed by atoms with van der Waals surface area (Å²) in [5.74, 6) is -1.69. The van der Waals surface area contributed by atoms with Crippen LogP contribution in [0.3, 0.4) is 0 Å². The molecule has 11 heteroatoms. The summed E-state index contributed by atoms with van der Waals surface area (Å²) in [4.78, 5) is 36.3. The van der Waals surface area contributed by atoms with Gasteiger partial charge in [-0.3, -0.25) is 19.8 Å². The molecule has 0 spiro atoms. The van der Waals surface area contributed by atoms with Crippen molar-refractivity contribution in [2.24, 2.45) is 0 Å². The van der Waals surface area contributed by atoms with Crippen LogP contribution >= 0.6 is 47.2 Å². The maximum atomic E-state index is 12.8. The molecule has 0 bridgehead atoms. The molecular weight excluding hydrogens is 483 g/mol. The predicted octanol–water partition coefficient (Wildman–Crippen LogP) is 4.39. The summed E-state index contributed by atoms with van der Waals surface area (Å²) < 4.78 is 5.64. The lowest BCUT2D eigenvalue weighted by Crippen LogP contribution is -2.44. The number of thiocarbonyl (C=S) groups is 1. The molecule has 7 nitrogen and oxygen atoms in total. The smallest absolute Gasteiger partial charge is 0.306 e. The first-order chi connectivity index (χ1) is 14.8. The fourth-order valence-corrected chi connectivity index (χ4v) is 4.18. The van der Waals surface area contributed by atoms with E-state index < -0.39 is 17.8 Å². The van der Waals surface area contributed by atoms with Crippen molar-refractivity contribution in [3.05, 3.63) is 68.5 Å². The van der Waals surface area contributed by atoms with Crippen LogP contribution in [0.2, 0.25) is 10.0 Å². The van der Waals surface area contributed by atoms with Gasteiger partial charge in [-0.25, -0.2) is 0 Å². The molecule has 1 saturated heterocycles. The van der Waals surface area contributed by atoms with Crippen LogP contribution in [0, 0.1) is 0 Å². The van der Waals surface area contributed by atoms with E-state index in [1.807, 2.05) is 0 Å². The molecule has 2 N–H and O–H groups in total. The molecule has 0 aliphatic carbocycles. The van der Waals surface area contributed by atoms with E-state index in [-0.39, 0.29) is 32.8 Å². The number of ether oxygens (including phenoxy) is 1. The third kappa shape index (κ3) is 5.76. The number of carboxylic acid groups (broad SMARTS) is 1. The highest BCUT2D eigenvalue weighted by Gasteiger charge is 2.34. The number of thioether (sulfide) groups is 1. The molecule has 1 fully saturated rings. The Morgan fingerprint density at radius 1 is 1.23 bits per heavy atom. The normalized spacial score (nSPS) is 14.8. The second-order valence-electron chi connectivity index (χ2n) is 6.11. The first-order valence-electron chi connectivity index (χ1n) is 8.74. The van der Waals surface area contributed by atoms with E-state index >= 15 is 0 Å². The van der Waals surface area contributed by atoms with E-state index in [2.05, 4.69) is 5.43 Å². The first-order valence-corrected chi connectivity index (χ1v) is 10.7. The lowest BCUT2D eigenvalue weighted by atomic mass is 10.2. The van der Waals surface area contributed by atoms with Gasteiger partial charge in [0.25, 0.3) is 11.8 Å². The largest absolute Gasteiger partial charge is 0.492 e. The Morgan fingerprint density at radius 3 is 2.68 bits per heavy atom. The lowest BCUT2D eigenvalue weighted by molar-refractivity contribution is -0.137. The highest BCUT2D eigenvalue weighted by Crippen LogP contribution is 2.33. The molecule has 3 rings (SSSR count). The molecule has 1 heterocycles. The van der Waals surface area contributed by atoms with Crippen molar-refractivity contribution in [2.75, 3.05) is 6.61 Å². The van der Waals surface area contributed by atoms with Gasteiger partial charge in [-0.2, -0.15) is 5.01 Å². The number of nitrogens with one attached hydrogen (secondary N) is 1. The Labute approximate surface area is 196 Å². The molecule has 1 aliphatic rings. The molecule has 2 aromatic carbocycles. The second-order valence-corrected chi connectivity index (χ2v) is 8.63. The minimum absolute atomic E-state index is 0.0148. The highest BCUT2D eigenvalue weighted by atomic mass is 35.5. The predicted molar refractivity (Wildman–Crippen MR) is 123 cm³/mol. The van der Waals surface area contributed by atoms with E-state index in [0.717, 1.165) is 16.8 Å². The van der Waals surface area contributed by atoms with Crippen LogP contribution < -0.4 is 10.2 Å². The maximum Gasteiger partial charge on any atom is 0.306 e. The van der Waals surface area contributed by atoms with Gasteiger partial charge in [0, 0.05) is 10.6 Å². The highest BCUT2D eigenvalue weighted by molar-refractivity contribution is 8.26. The Balaban J connectivity index is 1.76. The Morgan fingerprint density at radius 2 is 1.97 bits per heavy atom. The minimum atomic E-state index is -0.977. The number of nitrogens with zero attached hydrogens (tertiary/aromatic N) is 1. The van der Waals surface area contributed by atoms with E-state index in [1.54, 1.807) is 30.3 Å². The van der Waals surface area contributed by atoms with Crippen LogP contribution in [-0.2, 0) is 9.59 Å². The zero-order valence-corrected chi connectivity index (χ0v) is 18.8. The SMILES string of the molecule is O=C(O)CCOc1ccccc1/C=C1/SC(=S)N(NC(=O)c2ccc(Cl)cc2Cl)C1=O. The van der Waals surface area contributed by atoms with Crippen molar-refractivity contribution in [3.8, 4) is 5.75 Å². The van der Waals surface area contributed by atoms with Gasteiger partial charge in [0.2, 0.25) is 0 Å². The van der Waals surface area contributed by atoms with Gasteiger partial charge < -0.3 is 9.84 Å². The van der Waals surface area contributed by atoms with Crippen molar-refractivity contribution < 1.29 is 24.2 Å². The maximum absolute atomic E-state index is 12.8. The summed E-state index contributed by atoms with van der Waals surface area (Å²) in [6.45, 7) is -0.0148. The molecule has 0 aromatic heterocycles. The number of para-hydroxylation sites is 1. The molecule has 31 heavy (non-hydrogen) atoms. The van der Waals surface area contributed by atoms with Crippen LogP contribution in [0.5, 0.6) is 5.75 Å². The number of hydrogen-bond donors (Lipinski definition) is 2. The van der Waals surface area contributed by atoms with E-state index in [4.69, 9.17) is 45.3 Å². The third-order valence-corrected chi connectivity index (χ3v) is 5.81. The number of aliphatic carboxylic acids is 1. The molecular formula is C20H14Cl2N2O5S2. The number of benzene rings is 2. The first kappa shape index (κ1) is 23.1. The fourth-order valence-electron chi connectivity index (χ4n) is 2.52. The summed E-state index contributed by atoms with van der Waals surface area (Å²) in [6.07, 6.45) is 1.41. The summed E-state index contributed by atoms with van der Waals surface area (Å²) >= 11 is 18.1. The quantitative estimate of drug-likeness (QED) is 0.433. The van der Waals surface area contributed by atoms with Crippen LogP contribution in [0.15, 0.2) is 47.4 Å². The van der Waals surface area contributed by atoms with Gasteiger partial charge in [0.05, 0.1) is 28.5 Å². The number of carbonyl (C=O) groups is 3. The van der Waals surface area contributed by atoms with Gasteiger partial charge >= 0.3 is 5.97 Å². The van der Waals surface area contributed by atoms with E-state index in [9.17, 15) is 14.4 Å². The molecule has 160 valence electrons. The van der Waals surface area contributed by atoms with Gasteiger partial charge in [-0.15, -0.1) is 0 Å². The van der Waals surface area contributed by atoms with E-state index in [1.165, 1.54) is 18.2 Å². The topological polar surface area (TPSA) is 95.9 Å². The number of halogens is 2. The van der Waals surface area contributed by atoms with Crippen LogP contribution in [-0.4, -0.2) is 38.8 Å². The molecule has 0 saturated carbocycles. The van der Waals surface area contributed by atoms with Crippen LogP contribution in [0.4, 0.5) is 0 Å². The molecule has 2 amide bonds. The van der Waals surface area contributed by atoms with Gasteiger partial charge in [0.1, 0.15) is 5.75 Å². The molecule has 0 radical (unpaired) electrons. The number of hydrogen-bond acceptors (Lipinski definition) is 6. The minimum Gasteiger partial charge on any atom is -0.492 e. The zero-order chi connectivity index (χ0) is 22.5. The number of carbonyl (C=O) groups excluding carboxylic acids is 2. The van der Waals surface area contributed by atoms with Crippen molar-refractivity contribution >= 4 is 75.4 Å². The molecule has 0 unspecified atom stereocenters. The lowest BCUT2D eigenvalue weighted by Gasteiger charge is -2.16. The monoisotopic (exact) mass is 496 g/mol.